The second kappa shape index (κ2) is 12.8. The van der Waals surface area contributed by atoms with Crippen LogP contribution in [0.4, 0.5) is 0 Å². The van der Waals surface area contributed by atoms with Crippen molar-refractivity contribution in [3.63, 3.8) is 0 Å². The van der Waals surface area contributed by atoms with Crippen LogP contribution in [0.1, 0.15) is 22.3 Å². The highest BCUT2D eigenvalue weighted by molar-refractivity contribution is 7.99. The van der Waals surface area contributed by atoms with Crippen molar-refractivity contribution >= 4 is 55.2 Å². The van der Waals surface area contributed by atoms with Crippen molar-refractivity contribution in [3.8, 4) is 44.9 Å². The molecule has 0 saturated carbocycles. The Hall–Kier alpha value is -7.40. The molecule has 4 heteroatoms. The number of fused-ring (bicyclic) bond motifs is 15. The standard InChI is InChI=1S/C56H33N3S/c1-3-13-34(14-4-1)48-28-25-36-23-24-37-26-29-49(58-55(37)54(36)57-48)38-27-30-50-42(31-38)41-32-47-52(33-43(41)53(59-50)35-15-5-2-6-16-35)60-51-22-12-11-21-46(51)56(47)44-19-9-7-17-39(44)40-18-8-10-20-45(40)56/h1-33H. The van der Waals surface area contributed by atoms with Crippen LogP contribution in [0.15, 0.2) is 210 Å². The number of hydrogen-bond donors (Lipinski definition) is 0. The maximum absolute atomic E-state index is 5.45. The van der Waals surface area contributed by atoms with Gasteiger partial charge in [0.1, 0.15) is 0 Å². The first kappa shape index (κ1) is 33.6. The zero-order chi connectivity index (χ0) is 39.4. The molecule has 13 rings (SSSR count). The van der Waals surface area contributed by atoms with E-state index in [1.165, 1.54) is 48.6 Å². The van der Waals surface area contributed by atoms with E-state index in [1.54, 1.807) is 0 Å². The molecular weight excluding hydrogens is 747 g/mol. The fourth-order valence-electron chi connectivity index (χ4n) is 10.0. The summed E-state index contributed by atoms with van der Waals surface area (Å²) in [7, 11) is 0. The van der Waals surface area contributed by atoms with Gasteiger partial charge in [0.25, 0.3) is 0 Å². The summed E-state index contributed by atoms with van der Waals surface area (Å²) in [5.74, 6) is 0. The third-order valence-electron chi connectivity index (χ3n) is 12.7. The average Bonchev–Trinajstić information content (AvgIpc) is 3.61. The molecule has 0 N–H and O–H groups in total. The quantitative estimate of drug-likeness (QED) is 0.167. The zero-order valence-electron chi connectivity index (χ0n) is 32.3. The number of benzene rings is 8. The summed E-state index contributed by atoms with van der Waals surface area (Å²) in [6.45, 7) is 0. The van der Waals surface area contributed by atoms with E-state index in [4.69, 9.17) is 15.0 Å². The summed E-state index contributed by atoms with van der Waals surface area (Å²) in [6.07, 6.45) is 0. The molecule has 0 fully saturated rings. The van der Waals surface area contributed by atoms with Gasteiger partial charge in [-0.1, -0.05) is 169 Å². The monoisotopic (exact) mass is 779 g/mol. The summed E-state index contributed by atoms with van der Waals surface area (Å²) in [6, 6.07) is 72.5. The van der Waals surface area contributed by atoms with Crippen molar-refractivity contribution in [3.05, 3.63) is 222 Å². The minimum absolute atomic E-state index is 0.481. The highest BCUT2D eigenvalue weighted by Crippen LogP contribution is 2.62. The van der Waals surface area contributed by atoms with Gasteiger partial charge in [0.15, 0.2) is 0 Å². The third-order valence-corrected chi connectivity index (χ3v) is 13.8. The molecule has 0 amide bonds. The van der Waals surface area contributed by atoms with Crippen molar-refractivity contribution in [2.24, 2.45) is 0 Å². The smallest absolute Gasteiger partial charge is 0.0972 e. The van der Waals surface area contributed by atoms with E-state index < -0.39 is 5.41 Å². The SMILES string of the molecule is c1ccc(-c2ccc3ccc4ccc(-c5ccc6nc(-c7ccccc7)c7cc8c(cc7c6c5)C5(c6ccccc6S8)c6ccccc6-c6ccccc65)nc4c3n2)cc1. The molecule has 0 bridgehead atoms. The fraction of sp³-hybridized carbons (Fsp3) is 0.0179. The van der Waals surface area contributed by atoms with Crippen LogP contribution < -0.4 is 0 Å². The van der Waals surface area contributed by atoms with Gasteiger partial charge in [-0.2, -0.15) is 0 Å². The number of nitrogens with zero attached hydrogens (tertiary/aromatic N) is 3. The molecule has 3 aromatic heterocycles. The van der Waals surface area contributed by atoms with Crippen LogP contribution in [-0.4, -0.2) is 15.0 Å². The minimum atomic E-state index is -0.481. The predicted molar refractivity (Wildman–Crippen MR) is 248 cm³/mol. The highest BCUT2D eigenvalue weighted by atomic mass is 32.2. The summed E-state index contributed by atoms with van der Waals surface area (Å²) in [5.41, 5.74) is 16.2. The third kappa shape index (κ3) is 4.77. The fourth-order valence-corrected chi connectivity index (χ4v) is 11.2. The number of aromatic nitrogens is 3. The van der Waals surface area contributed by atoms with Crippen molar-refractivity contribution in [2.45, 2.75) is 15.2 Å². The van der Waals surface area contributed by atoms with E-state index in [9.17, 15) is 0 Å². The minimum Gasteiger partial charge on any atom is -0.247 e. The largest absolute Gasteiger partial charge is 0.247 e. The zero-order valence-corrected chi connectivity index (χ0v) is 33.1. The second-order valence-corrected chi connectivity index (χ2v) is 16.9. The van der Waals surface area contributed by atoms with Crippen molar-refractivity contribution in [1.82, 2.24) is 15.0 Å². The summed E-state index contributed by atoms with van der Waals surface area (Å²) in [4.78, 5) is 18.6. The van der Waals surface area contributed by atoms with Crippen LogP contribution in [0.25, 0.3) is 88.4 Å². The number of rotatable bonds is 3. The molecule has 3 nitrogen and oxygen atoms in total. The molecule has 4 heterocycles. The lowest BCUT2D eigenvalue weighted by molar-refractivity contribution is 0.724. The van der Waals surface area contributed by atoms with E-state index in [0.29, 0.717) is 0 Å². The Kier molecular flexibility index (Phi) is 7.16. The number of pyridine rings is 3. The molecule has 0 saturated heterocycles. The second-order valence-electron chi connectivity index (χ2n) is 15.9. The van der Waals surface area contributed by atoms with Crippen LogP contribution in [-0.2, 0) is 5.41 Å². The molecule has 11 aromatic rings. The summed E-state index contributed by atoms with van der Waals surface area (Å²) < 4.78 is 0. The lowest BCUT2D eigenvalue weighted by Gasteiger charge is -2.40. The maximum Gasteiger partial charge on any atom is 0.0972 e. The Morgan fingerprint density at radius 3 is 1.60 bits per heavy atom. The first-order valence-corrected chi connectivity index (χ1v) is 21.2. The Balaban J connectivity index is 1.09. The van der Waals surface area contributed by atoms with Crippen LogP contribution in [0.5, 0.6) is 0 Å². The van der Waals surface area contributed by atoms with Crippen molar-refractivity contribution in [1.29, 1.82) is 0 Å². The first-order valence-electron chi connectivity index (χ1n) is 20.4. The molecule has 0 unspecified atom stereocenters. The Morgan fingerprint density at radius 2 is 0.917 bits per heavy atom. The van der Waals surface area contributed by atoms with Gasteiger partial charge >= 0.3 is 0 Å². The van der Waals surface area contributed by atoms with Gasteiger partial charge in [-0.25, -0.2) is 15.0 Å². The Morgan fingerprint density at radius 1 is 0.350 bits per heavy atom. The molecule has 1 aliphatic heterocycles. The number of hydrogen-bond acceptors (Lipinski definition) is 4. The van der Waals surface area contributed by atoms with Gasteiger partial charge in [0.05, 0.1) is 39.0 Å². The van der Waals surface area contributed by atoms with E-state index in [1.807, 2.05) is 17.8 Å². The molecule has 60 heavy (non-hydrogen) atoms. The lowest BCUT2D eigenvalue weighted by atomic mass is 9.67. The van der Waals surface area contributed by atoms with Gasteiger partial charge in [0.2, 0.25) is 0 Å². The average molecular weight is 780 g/mol. The highest BCUT2D eigenvalue weighted by Gasteiger charge is 2.50. The Bertz CT molecular complexity index is 3530. The molecule has 278 valence electrons. The maximum atomic E-state index is 5.45. The van der Waals surface area contributed by atoms with Crippen LogP contribution in [0, 0.1) is 0 Å². The summed E-state index contributed by atoms with van der Waals surface area (Å²) >= 11 is 1.87. The van der Waals surface area contributed by atoms with Gasteiger partial charge in [-0.05, 0) is 81.2 Å². The van der Waals surface area contributed by atoms with Gasteiger partial charge in [0, 0.05) is 48.0 Å². The molecule has 0 atom stereocenters. The molecular formula is C56H33N3S. The molecule has 1 spiro atoms. The van der Waals surface area contributed by atoms with Crippen LogP contribution >= 0.6 is 11.8 Å². The van der Waals surface area contributed by atoms with Crippen molar-refractivity contribution < 1.29 is 0 Å². The Labute approximate surface area is 351 Å². The van der Waals surface area contributed by atoms with Gasteiger partial charge in [-0.3, -0.25) is 0 Å². The first-order chi connectivity index (χ1) is 29.7. The van der Waals surface area contributed by atoms with E-state index in [2.05, 4.69) is 194 Å². The van der Waals surface area contributed by atoms with Gasteiger partial charge < -0.3 is 0 Å². The van der Waals surface area contributed by atoms with Crippen LogP contribution in [0.3, 0.4) is 0 Å². The molecule has 2 aliphatic rings. The van der Waals surface area contributed by atoms with Crippen LogP contribution in [0.2, 0.25) is 0 Å². The topological polar surface area (TPSA) is 38.7 Å². The predicted octanol–water partition coefficient (Wildman–Crippen LogP) is 14.3. The summed E-state index contributed by atoms with van der Waals surface area (Å²) in [5, 5.41) is 5.56. The van der Waals surface area contributed by atoms with Gasteiger partial charge in [-0.15, -0.1) is 0 Å². The molecule has 8 aromatic carbocycles. The molecule has 0 radical (unpaired) electrons. The van der Waals surface area contributed by atoms with Crippen molar-refractivity contribution in [2.75, 3.05) is 0 Å². The molecule has 1 aliphatic carbocycles. The normalized spacial score (nSPS) is 13.4. The van der Waals surface area contributed by atoms with E-state index in [0.717, 1.165) is 71.9 Å². The van der Waals surface area contributed by atoms with E-state index in [-0.39, 0.29) is 0 Å². The lowest BCUT2D eigenvalue weighted by Crippen LogP contribution is -2.32. The van der Waals surface area contributed by atoms with E-state index >= 15 is 0 Å².